The van der Waals surface area contributed by atoms with Gasteiger partial charge < -0.3 is 5.32 Å². The fraction of sp³-hybridized carbons (Fsp3) is 0.471. The summed E-state index contributed by atoms with van der Waals surface area (Å²) >= 11 is 1.82. The quantitative estimate of drug-likeness (QED) is 0.916. The van der Waals surface area contributed by atoms with Crippen LogP contribution in [0.1, 0.15) is 47.8 Å². The Bertz CT molecular complexity index is 685. The minimum atomic E-state index is -0.0409. The molecule has 1 N–H and O–H groups in total. The highest BCUT2D eigenvalue weighted by Gasteiger charge is 2.28. The molecule has 1 unspecified atom stereocenters. The van der Waals surface area contributed by atoms with Crippen LogP contribution in [0.3, 0.4) is 0 Å². The average molecular weight is 330 g/mol. The number of nitrogens with one attached hydrogen (secondary N) is 1. The van der Waals surface area contributed by atoms with Crippen LogP contribution in [-0.4, -0.2) is 27.3 Å². The number of amides is 1. The van der Waals surface area contributed by atoms with Crippen molar-refractivity contribution < 1.29 is 4.79 Å². The minimum absolute atomic E-state index is 0.0409. The van der Waals surface area contributed by atoms with E-state index in [1.54, 1.807) is 6.20 Å². The molecule has 0 saturated carbocycles. The van der Waals surface area contributed by atoms with Crippen molar-refractivity contribution in [1.29, 1.82) is 0 Å². The van der Waals surface area contributed by atoms with Gasteiger partial charge in [0.2, 0.25) is 5.91 Å². The van der Waals surface area contributed by atoms with Crippen molar-refractivity contribution in [2.75, 3.05) is 6.54 Å². The van der Waals surface area contributed by atoms with Crippen molar-refractivity contribution in [2.45, 2.75) is 45.8 Å². The van der Waals surface area contributed by atoms with E-state index in [9.17, 15) is 4.79 Å². The van der Waals surface area contributed by atoms with Gasteiger partial charge in [0.15, 0.2) is 0 Å². The van der Waals surface area contributed by atoms with Crippen molar-refractivity contribution >= 4 is 17.2 Å². The van der Waals surface area contributed by atoms with Crippen LogP contribution >= 0.6 is 11.3 Å². The van der Waals surface area contributed by atoms with Crippen molar-refractivity contribution in [2.24, 2.45) is 0 Å². The predicted octanol–water partition coefficient (Wildman–Crippen LogP) is 2.82. The number of carbonyl (C=O) groups excluding carboxylic acids is 1. The molecule has 1 aliphatic rings. The monoisotopic (exact) mass is 330 g/mol. The van der Waals surface area contributed by atoms with Crippen LogP contribution in [-0.2, 0) is 17.9 Å². The first-order valence-electron chi connectivity index (χ1n) is 7.97. The number of likely N-dealkylation sites (tertiary alicyclic amines) is 1. The summed E-state index contributed by atoms with van der Waals surface area (Å²) in [6, 6.07) is 4.31. The third kappa shape index (κ3) is 3.95. The number of thiophene rings is 1. The standard InChI is InChI=1S/C17H22N4OS/c1-12-6-9-23-16(12)11-21-8-3-4-15(21)17-18-7-5-14(20-17)10-19-13(2)22/h5-7,9,15H,3-4,8,10-11H2,1-2H3,(H,19,22). The molecular weight excluding hydrogens is 308 g/mol. The highest BCUT2D eigenvalue weighted by atomic mass is 32.1. The summed E-state index contributed by atoms with van der Waals surface area (Å²) in [6.45, 7) is 6.20. The summed E-state index contributed by atoms with van der Waals surface area (Å²) in [5.74, 6) is 0.834. The summed E-state index contributed by atoms with van der Waals surface area (Å²) in [7, 11) is 0. The molecule has 1 atom stereocenters. The predicted molar refractivity (Wildman–Crippen MR) is 91.0 cm³/mol. The van der Waals surface area contributed by atoms with Gasteiger partial charge in [-0.25, -0.2) is 9.97 Å². The Hall–Kier alpha value is -1.79. The maximum absolute atomic E-state index is 11.1. The molecule has 0 aliphatic carbocycles. The third-order valence-corrected chi connectivity index (χ3v) is 5.23. The van der Waals surface area contributed by atoms with E-state index in [-0.39, 0.29) is 11.9 Å². The molecule has 1 fully saturated rings. The second kappa shape index (κ2) is 7.19. The molecule has 3 rings (SSSR count). The first-order chi connectivity index (χ1) is 11.1. The first-order valence-corrected chi connectivity index (χ1v) is 8.84. The molecule has 2 aromatic rings. The Morgan fingerprint density at radius 1 is 1.48 bits per heavy atom. The number of nitrogens with zero attached hydrogens (tertiary/aromatic N) is 3. The second-order valence-corrected chi connectivity index (χ2v) is 6.97. The molecule has 3 heterocycles. The summed E-state index contributed by atoms with van der Waals surface area (Å²) in [4.78, 5) is 24.1. The lowest BCUT2D eigenvalue weighted by molar-refractivity contribution is -0.119. The zero-order chi connectivity index (χ0) is 16.2. The number of aromatic nitrogens is 2. The Morgan fingerprint density at radius 3 is 3.09 bits per heavy atom. The SMILES string of the molecule is CC(=O)NCc1ccnc(C2CCCN2Cc2sccc2C)n1. The molecular formula is C17H22N4OS. The van der Waals surface area contributed by atoms with Crippen molar-refractivity contribution in [1.82, 2.24) is 20.2 Å². The molecule has 122 valence electrons. The van der Waals surface area contributed by atoms with Gasteiger partial charge in [-0.2, -0.15) is 0 Å². The van der Waals surface area contributed by atoms with Gasteiger partial charge in [0.1, 0.15) is 5.82 Å². The third-order valence-electron chi connectivity index (χ3n) is 4.23. The summed E-state index contributed by atoms with van der Waals surface area (Å²) in [5.41, 5.74) is 2.23. The van der Waals surface area contributed by atoms with E-state index in [4.69, 9.17) is 0 Å². The minimum Gasteiger partial charge on any atom is -0.351 e. The van der Waals surface area contributed by atoms with Gasteiger partial charge in [-0.1, -0.05) is 0 Å². The fourth-order valence-corrected chi connectivity index (χ4v) is 3.88. The number of hydrogen-bond acceptors (Lipinski definition) is 5. The van der Waals surface area contributed by atoms with Crippen LogP contribution in [0.2, 0.25) is 0 Å². The van der Waals surface area contributed by atoms with Gasteiger partial charge in [-0.3, -0.25) is 9.69 Å². The van der Waals surface area contributed by atoms with Gasteiger partial charge in [0.05, 0.1) is 18.3 Å². The molecule has 5 nitrogen and oxygen atoms in total. The Kier molecular flexibility index (Phi) is 5.03. The molecule has 23 heavy (non-hydrogen) atoms. The smallest absolute Gasteiger partial charge is 0.217 e. The number of rotatable bonds is 5. The van der Waals surface area contributed by atoms with Crippen LogP contribution in [0.5, 0.6) is 0 Å². The van der Waals surface area contributed by atoms with Crippen LogP contribution in [0.25, 0.3) is 0 Å². The molecule has 2 aromatic heterocycles. The number of carbonyl (C=O) groups is 1. The summed E-state index contributed by atoms with van der Waals surface area (Å²) in [6.07, 6.45) is 4.06. The van der Waals surface area contributed by atoms with Gasteiger partial charge in [0, 0.05) is 24.5 Å². The van der Waals surface area contributed by atoms with Crippen molar-refractivity contribution in [3.05, 3.63) is 45.7 Å². The normalized spacial score (nSPS) is 18.3. The van der Waals surface area contributed by atoms with Gasteiger partial charge in [0.25, 0.3) is 0 Å². The van der Waals surface area contributed by atoms with Crippen LogP contribution < -0.4 is 5.32 Å². The Labute approximate surface area is 140 Å². The average Bonchev–Trinajstić information content (AvgIpc) is 3.16. The van der Waals surface area contributed by atoms with Gasteiger partial charge in [-0.05, 0) is 49.4 Å². The highest BCUT2D eigenvalue weighted by molar-refractivity contribution is 7.10. The highest BCUT2D eigenvalue weighted by Crippen LogP contribution is 2.32. The molecule has 0 aromatic carbocycles. The lowest BCUT2D eigenvalue weighted by Crippen LogP contribution is -2.25. The van der Waals surface area contributed by atoms with E-state index in [1.165, 1.54) is 23.8 Å². The van der Waals surface area contributed by atoms with E-state index in [0.717, 1.165) is 31.0 Å². The fourth-order valence-electron chi connectivity index (χ4n) is 2.95. The molecule has 1 aliphatic heterocycles. The molecule has 0 spiro atoms. The van der Waals surface area contributed by atoms with E-state index in [2.05, 4.69) is 38.6 Å². The molecule has 6 heteroatoms. The number of hydrogen-bond donors (Lipinski definition) is 1. The molecule has 1 saturated heterocycles. The van der Waals surface area contributed by atoms with E-state index in [1.807, 2.05) is 17.4 Å². The summed E-state index contributed by atoms with van der Waals surface area (Å²) < 4.78 is 0. The van der Waals surface area contributed by atoms with Crippen LogP contribution in [0.15, 0.2) is 23.7 Å². The van der Waals surface area contributed by atoms with E-state index in [0.29, 0.717) is 6.54 Å². The van der Waals surface area contributed by atoms with E-state index < -0.39 is 0 Å². The first kappa shape index (κ1) is 16.1. The zero-order valence-electron chi connectivity index (χ0n) is 13.6. The van der Waals surface area contributed by atoms with Crippen LogP contribution in [0.4, 0.5) is 0 Å². The lowest BCUT2D eigenvalue weighted by atomic mass is 10.2. The Morgan fingerprint density at radius 2 is 2.35 bits per heavy atom. The van der Waals surface area contributed by atoms with E-state index >= 15 is 0 Å². The maximum Gasteiger partial charge on any atom is 0.217 e. The topological polar surface area (TPSA) is 58.1 Å². The van der Waals surface area contributed by atoms with Crippen LogP contribution in [0, 0.1) is 6.92 Å². The van der Waals surface area contributed by atoms with Crippen molar-refractivity contribution in [3.63, 3.8) is 0 Å². The van der Waals surface area contributed by atoms with Crippen molar-refractivity contribution in [3.8, 4) is 0 Å². The molecule has 1 amide bonds. The Balaban J connectivity index is 1.73. The largest absolute Gasteiger partial charge is 0.351 e. The summed E-state index contributed by atoms with van der Waals surface area (Å²) in [5, 5.41) is 4.95. The number of aryl methyl sites for hydroxylation is 1. The van der Waals surface area contributed by atoms with Gasteiger partial charge in [-0.15, -0.1) is 11.3 Å². The lowest BCUT2D eigenvalue weighted by Gasteiger charge is -2.23. The van der Waals surface area contributed by atoms with Gasteiger partial charge >= 0.3 is 0 Å². The zero-order valence-corrected chi connectivity index (χ0v) is 14.4. The molecule has 0 bridgehead atoms. The maximum atomic E-state index is 11.1. The second-order valence-electron chi connectivity index (χ2n) is 5.97. The molecule has 0 radical (unpaired) electrons.